The predicted octanol–water partition coefficient (Wildman–Crippen LogP) is 4.13. The maximum atomic E-state index is 12.9. The lowest BCUT2D eigenvalue weighted by atomic mass is 9.55. The standard InChI is InChI=1S/C26H36N2O3/c1-18-5-4-10-26(2)16-24-21(15-23(18)26)22(25(29)31-24)17-27-11-13-28(14-12-27)19-6-8-20(30-3)9-7-19/h6-9,21-24H,1,4-5,10-17H2,2-3H3/t21-,22-,23-,24+,26+/m0/s1. The zero-order valence-corrected chi connectivity index (χ0v) is 19.0. The number of allylic oxidation sites excluding steroid dienone is 1. The van der Waals surface area contributed by atoms with Gasteiger partial charge in [0.2, 0.25) is 0 Å². The first-order valence-corrected chi connectivity index (χ1v) is 12.0. The number of esters is 1. The molecule has 2 heterocycles. The van der Waals surface area contributed by atoms with Crippen LogP contribution in [0.15, 0.2) is 36.4 Å². The summed E-state index contributed by atoms with van der Waals surface area (Å²) in [4.78, 5) is 17.7. The molecule has 4 fully saturated rings. The number of ether oxygens (including phenoxy) is 2. The fourth-order valence-electron chi connectivity index (χ4n) is 6.72. The first-order chi connectivity index (χ1) is 15.0. The second kappa shape index (κ2) is 8.16. The van der Waals surface area contributed by atoms with Crippen LogP contribution in [-0.2, 0) is 9.53 Å². The van der Waals surface area contributed by atoms with Crippen molar-refractivity contribution in [1.29, 1.82) is 0 Å². The maximum absolute atomic E-state index is 12.9. The van der Waals surface area contributed by atoms with Gasteiger partial charge in [-0.2, -0.15) is 0 Å². The van der Waals surface area contributed by atoms with Crippen molar-refractivity contribution in [3.63, 3.8) is 0 Å². The summed E-state index contributed by atoms with van der Waals surface area (Å²) in [7, 11) is 1.70. The summed E-state index contributed by atoms with van der Waals surface area (Å²) in [5, 5.41) is 0. The van der Waals surface area contributed by atoms with Crippen LogP contribution in [-0.4, -0.2) is 56.8 Å². The Balaban J connectivity index is 1.21. The lowest BCUT2D eigenvalue weighted by Crippen LogP contribution is -2.50. The number of piperazine rings is 1. The molecule has 0 unspecified atom stereocenters. The van der Waals surface area contributed by atoms with Gasteiger partial charge in [0.15, 0.2) is 0 Å². The van der Waals surface area contributed by atoms with Gasteiger partial charge in [-0.25, -0.2) is 0 Å². The zero-order valence-electron chi connectivity index (χ0n) is 19.0. The van der Waals surface area contributed by atoms with Crippen LogP contribution < -0.4 is 9.64 Å². The molecule has 0 bridgehead atoms. The molecule has 0 radical (unpaired) electrons. The van der Waals surface area contributed by atoms with Crippen LogP contribution in [0.1, 0.15) is 39.0 Å². The van der Waals surface area contributed by atoms with Gasteiger partial charge in [0.25, 0.3) is 0 Å². The van der Waals surface area contributed by atoms with E-state index >= 15 is 0 Å². The number of nitrogens with zero attached hydrogens (tertiary/aromatic N) is 2. The average molecular weight is 425 g/mol. The molecule has 0 N–H and O–H groups in total. The van der Waals surface area contributed by atoms with Gasteiger partial charge in [-0.1, -0.05) is 19.1 Å². The Labute approximate surface area is 186 Å². The molecule has 31 heavy (non-hydrogen) atoms. The highest BCUT2D eigenvalue weighted by molar-refractivity contribution is 5.75. The van der Waals surface area contributed by atoms with Crippen molar-refractivity contribution in [3.05, 3.63) is 36.4 Å². The average Bonchev–Trinajstić information content (AvgIpc) is 3.06. The van der Waals surface area contributed by atoms with E-state index in [1.807, 2.05) is 12.1 Å². The van der Waals surface area contributed by atoms with Crippen molar-refractivity contribution in [1.82, 2.24) is 4.90 Å². The van der Waals surface area contributed by atoms with Gasteiger partial charge in [-0.3, -0.25) is 9.69 Å². The number of hydrogen-bond acceptors (Lipinski definition) is 5. The molecule has 0 amide bonds. The fraction of sp³-hybridized carbons (Fsp3) is 0.654. The predicted molar refractivity (Wildman–Crippen MR) is 122 cm³/mol. The zero-order chi connectivity index (χ0) is 21.6. The SMILES string of the molecule is C=C1CCC[C@]2(C)C[C@H]3OC(=O)[C@@H](CN4CCN(c5ccc(OC)cc5)CC4)[C@@H]3C[C@@H]12. The molecule has 1 aromatic rings. The minimum Gasteiger partial charge on any atom is -0.497 e. The van der Waals surface area contributed by atoms with Crippen molar-refractivity contribution >= 4 is 11.7 Å². The van der Waals surface area contributed by atoms with Gasteiger partial charge in [0, 0.05) is 44.3 Å². The van der Waals surface area contributed by atoms with E-state index in [4.69, 9.17) is 9.47 Å². The van der Waals surface area contributed by atoms with Crippen LogP contribution in [0, 0.1) is 23.2 Å². The summed E-state index contributed by atoms with van der Waals surface area (Å²) < 4.78 is 11.2. The van der Waals surface area contributed by atoms with Crippen molar-refractivity contribution < 1.29 is 14.3 Å². The number of hydrogen-bond donors (Lipinski definition) is 0. The van der Waals surface area contributed by atoms with Gasteiger partial charge in [-0.15, -0.1) is 0 Å². The van der Waals surface area contributed by atoms with Crippen LogP contribution >= 0.6 is 0 Å². The smallest absolute Gasteiger partial charge is 0.310 e. The Morgan fingerprint density at radius 3 is 2.65 bits per heavy atom. The molecule has 2 aliphatic heterocycles. The van der Waals surface area contributed by atoms with E-state index in [1.165, 1.54) is 24.1 Å². The molecular formula is C26H36N2O3. The molecule has 0 aromatic heterocycles. The summed E-state index contributed by atoms with van der Waals surface area (Å²) in [6, 6.07) is 8.30. The second-order valence-corrected chi connectivity index (χ2v) is 10.4. The van der Waals surface area contributed by atoms with Crippen LogP contribution in [0.2, 0.25) is 0 Å². The van der Waals surface area contributed by atoms with E-state index in [9.17, 15) is 4.79 Å². The Morgan fingerprint density at radius 1 is 1.19 bits per heavy atom. The quantitative estimate of drug-likeness (QED) is 0.537. The van der Waals surface area contributed by atoms with Crippen LogP contribution in [0.5, 0.6) is 5.75 Å². The Bertz CT molecular complexity index is 830. The summed E-state index contributed by atoms with van der Waals surface area (Å²) in [6.45, 7) is 11.6. The highest BCUT2D eigenvalue weighted by atomic mass is 16.6. The first kappa shape index (κ1) is 20.9. The molecule has 5 rings (SSSR count). The summed E-state index contributed by atoms with van der Waals surface area (Å²) >= 11 is 0. The molecule has 2 saturated carbocycles. The van der Waals surface area contributed by atoms with Gasteiger partial charge in [0.1, 0.15) is 11.9 Å². The van der Waals surface area contributed by atoms with Gasteiger partial charge in [0.05, 0.1) is 13.0 Å². The normalized spacial score (nSPS) is 36.0. The topological polar surface area (TPSA) is 42.0 Å². The number of benzene rings is 1. The Kier molecular flexibility index (Phi) is 5.49. The highest BCUT2D eigenvalue weighted by Crippen LogP contribution is 2.56. The third-order valence-corrected chi connectivity index (χ3v) is 8.58. The molecule has 4 aliphatic rings. The molecule has 5 nitrogen and oxygen atoms in total. The number of rotatable bonds is 4. The number of carbonyl (C=O) groups is 1. The van der Waals surface area contributed by atoms with E-state index in [1.54, 1.807) is 7.11 Å². The number of carbonyl (C=O) groups excluding carboxylic acids is 1. The van der Waals surface area contributed by atoms with E-state index in [0.29, 0.717) is 11.8 Å². The Morgan fingerprint density at radius 2 is 1.94 bits per heavy atom. The molecule has 1 aromatic carbocycles. The van der Waals surface area contributed by atoms with Crippen molar-refractivity contribution in [2.24, 2.45) is 23.2 Å². The van der Waals surface area contributed by atoms with Gasteiger partial charge < -0.3 is 14.4 Å². The number of anilines is 1. The van der Waals surface area contributed by atoms with Crippen molar-refractivity contribution in [2.75, 3.05) is 44.7 Å². The van der Waals surface area contributed by atoms with Crippen molar-refractivity contribution in [3.8, 4) is 5.75 Å². The molecule has 2 aliphatic carbocycles. The monoisotopic (exact) mass is 424 g/mol. The van der Waals surface area contributed by atoms with E-state index in [2.05, 4.69) is 35.4 Å². The first-order valence-electron chi connectivity index (χ1n) is 12.0. The fourth-order valence-corrected chi connectivity index (χ4v) is 6.72. The molecule has 0 spiro atoms. The number of methoxy groups -OCH3 is 1. The van der Waals surface area contributed by atoms with E-state index in [-0.39, 0.29) is 23.4 Å². The highest BCUT2D eigenvalue weighted by Gasteiger charge is 2.55. The molecule has 2 saturated heterocycles. The molecular weight excluding hydrogens is 388 g/mol. The third-order valence-electron chi connectivity index (χ3n) is 8.58. The minimum absolute atomic E-state index is 0.0248. The third kappa shape index (κ3) is 3.86. The van der Waals surface area contributed by atoms with Gasteiger partial charge >= 0.3 is 5.97 Å². The number of fused-ring (bicyclic) bond motifs is 2. The van der Waals surface area contributed by atoms with Gasteiger partial charge in [-0.05, 0) is 67.7 Å². The van der Waals surface area contributed by atoms with E-state index < -0.39 is 0 Å². The molecule has 168 valence electrons. The van der Waals surface area contributed by atoms with Crippen molar-refractivity contribution in [2.45, 2.75) is 45.1 Å². The summed E-state index contributed by atoms with van der Waals surface area (Å²) in [5.74, 6) is 1.88. The largest absolute Gasteiger partial charge is 0.497 e. The second-order valence-electron chi connectivity index (χ2n) is 10.4. The molecule has 5 atom stereocenters. The van der Waals surface area contributed by atoms with E-state index in [0.717, 1.165) is 57.7 Å². The van der Waals surface area contributed by atoms with Crippen LogP contribution in [0.25, 0.3) is 0 Å². The minimum atomic E-state index is 0.0248. The lowest BCUT2D eigenvalue weighted by molar-refractivity contribution is -0.146. The maximum Gasteiger partial charge on any atom is 0.310 e. The molecule has 5 heteroatoms. The van der Waals surface area contributed by atoms with Crippen LogP contribution in [0.4, 0.5) is 5.69 Å². The lowest BCUT2D eigenvalue weighted by Gasteiger charge is -2.50. The van der Waals surface area contributed by atoms with Crippen LogP contribution in [0.3, 0.4) is 0 Å². The summed E-state index contributed by atoms with van der Waals surface area (Å²) in [5.41, 5.74) is 2.93. The Hall–Kier alpha value is -2.01. The summed E-state index contributed by atoms with van der Waals surface area (Å²) in [6.07, 6.45) is 5.86.